The van der Waals surface area contributed by atoms with Crippen molar-refractivity contribution in [3.8, 4) is 0 Å². The zero-order chi connectivity index (χ0) is 15.5. The number of nitrogens with one attached hydrogen (secondary N) is 1. The Morgan fingerprint density at radius 2 is 2.10 bits per heavy atom. The van der Waals surface area contributed by atoms with E-state index in [4.69, 9.17) is 0 Å². The van der Waals surface area contributed by atoms with Crippen LogP contribution in [-0.4, -0.2) is 35.6 Å². The third kappa shape index (κ3) is 4.62. The fourth-order valence-corrected chi connectivity index (χ4v) is 4.41. The van der Waals surface area contributed by atoms with E-state index >= 15 is 0 Å². The van der Waals surface area contributed by atoms with E-state index in [-0.39, 0.29) is 5.75 Å². The first-order valence-electron chi connectivity index (χ1n) is 5.40. The van der Waals surface area contributed by atoms with Gasteiger partial charge in [-0.3, -0.25) is 14.3 Å². The highest BCUT2D eigenvalue weighted by molar-refractivity contribution is 9.10. The summed E-state index contributed by atoms with van der Waals surface area (Å²) in [7, 11) is -5.23. The number of nitro groups is 1. The molecule has 0 amide bonds. The standard InChI is InChI=1S/C10H13BrN2O5S2/c1-7(6-19(2)16)12-20(17,18)10-5-8(11)3-4-9(10)13(14)15/h3-5,7,12H,6H2,1-2H3. The number of nitro benzene ring substituents is 1. The van der Waals surface area contributed by atoms with E-state index < -0.39 is 42.4 Å². The Kier molecular flexibility index (Phi) is 5.80. The Balaban J connectivity index is 3.18. The summed E-state index contributed by atoms with van der Waals surface area (Å²) in [6.07, 6.45) is 1.45. The van der Waals surface area contributed by atoms with E-state index in [0.29, 0.717) is 4.47 Å². The smallest absolute Gasteiger partial charge is 0.260 e. The molecule has 7 nitrogen and oxygen atoms in total. The molecule has 0 aliphatic rings. The van der Waals surface area contributed by atoms with E-state index in [1.807, 2.05) is 0 Å². The van der Waals surface area contributed by atoms with Crippen molar-refractivity contribution >= 4 is 42.4 Å². The van der Waals surface area contributed by atoms with Crippen molar-refractivity contribution < 1.29 is 17.6 Å². The molecule has 20 heavy (non-hydrogen) atoms. The first kappa shape index (κ1) is 17.2. The minimum Gasteiger partial charge on any atom is -0.260 e. The van der Waals surface area contributed by atoms with Gasteiger partial charge in [-0.1, -0.05) is 15.9 Å². The van der Waals surface area contributed by atoms with Crippen LogP contribution in [0.2, 0.25) is 0 Å². The fraction of sp³-hybridized carbons (Fsp3) is 0.400. The number of hydrogen-bond donors (Lipinski definition) is 1. The van der Waals surface area contributed by atoms with Crippen LogP contribution in [0.3, 0.4) is 0 Å². The molecule has 2 atom stereocenters. The second kappa shape index (κ2) is 6.74. The van der Waals surface area contributed by atoms with Gasteiger partial charge in [0.1, 0.15) is 0 Å². The molecule has 0 saturated carbocycles. The summed E-state index contributed by atoms with van der Waals surface area (Å²) in [5, 5.41) is 10.9. The quantitative estimate of drug-likeness (QED) is 0.589. The van der Waals surface area contributed by atoms with Gasteiger partial charge in [-0.15, -0.1) is 0 Å². The monoisotopic (exact) mass is 384 g/mol. The van der Waals surface area contributed by atoms with Gasteiger partial charge in [0, 0.05) is 39.4 Å². The van der Waals surface area contributed by atoms with Gasteiger partial charge in [-0.2, -0.15) is 0 Å². The zero-order valence-corrected chi connectivity index (χ0v) is 13.9. The third-order valence-corrected chi connectivity index (χ3v) is 5.33. The second-order valence-electron chi connectivity index (χ2n) is 4.13. The van der Waals surface area contributed by atoms with Crippen LogP contribution < -0.4 is 4.72 Å². The second-order valence-corrected chi connectivity index (χ2v) is 8.21. The van der Waals surface area contributed by atoms with Crippen molar-refractivity contribution in [1.29, 1.82) is 0 Å². The summed E-state index contributed by atoms with van der Waals surface area (Å²) < 4.78 is 38.1. The van der Waals surface area contributed by atoms with Crippen molar-refractivity contribution in [3.05, 3.63) is 32.8 Å². The Bertz CT molecular complexity index is 647. The molecule has 1 aromatic carbocycles. The normalized spacial score (nSPS) is 14.8. The lowest BCUT2D eigenvalue weighted by Crippen LogP contribution is -2.36. The van der Waals surface area contributed by atoms with Gasteiger partial charge in [0.05, 0.1) is 4.92 Å². The van der Waals surface area contributed by atoms with Crippen molar-refractivity contribution in [2.24, 2.45) is 0 Å². The van der Waals surface area contributed by atoms with Gasteiger partial charge in [-0.05, 0) is 19.1 Å². The maximum absolute atomic E-state index is 12.2. The first-order valence-corrected chi connectivity index (χ1v) is 9.40. The van der Waals surface area contributed by atoms with E-state index in [1.54, 1.807) is 6.92 Å². The van der Waals surface area contributed by atoms with Gasteiger partial charge < -0.3 is 0 Å². The lowest BCUT2D eigenvalue weighted by molar-refractivity contribution is -0.387. The zero-order valence-electron chi connectivity index (χ0n) is 10.7. The molecule has 0 bridgehead atoms. The summed E-state index contributed by atoms with van der Waals surface area (Å²) >= 11 is 3.08. The van der Waals surface area contributed by atoms with Gasteiger partial charge >= 0.3 is 0 Å². The molecule has 0 fully saturated rings. The molecule has 2 unspecified atom stereocenters. The van der Waals surface area contributed by atoms with Crippen molar-refractivity contribution in [3.63, 3.8) is 0 Å². The number of sulfonamides is 1. The molecule has 0 spiro atoms. The highest BCUT2D eigenvalue weighted by Gasteiger charge is 2.27. The number of hydrogen-bond acceptors (Lipinski definition) is 5. The summed E-state index contributed by atoms with van der Waals surface area (Å²) in [5.41, 5.74) is -0.509. The number of nitrogens with zero attached hydrogens (tertiary/aromatic N) is 1. The summed E-state index contributed by atoms with van der Waals surface area (Å²) in [4.78, 5) is 9.71. The average Bonchev–Trinajstić information content (AvgIpc) is 2.26. The topological polar surface area (TPSA) is 106 Å². The molecule has 10 heteroatoms. The van der Waals surface area contributed by atoms with Crippen LogP contribution in [0, 0.1) is 10.1 Å². The van der Waals surface area contributed by atoms with Crippen LogP contribution in [0.1, 0.15) is 6.92 Å². The Morgan fingerprint density at radius 1 is 1.50 bits per heavy atom. The van der Waals surface area contributed by atoms with Crippen molar-refractivity contribution in [2.75, 3.05) is 12.0 Å². The Hall–Kier alpha value is -0.840. The number of benzene rings is 1. The van der Waals surface area contributed by atoms with Crippen LogP contribution in [0.5, 0.6) is 0 Å². The summed E-state index contributed by atoms with van der Waals surface area (Å²) in [6.45, 7) is 1.54. The average molecular weight is 385 g/mol. The molecule has 0 radical (unpaired) electrons. The van der Waals surface area contributed by atoms with Crippen LogP contribution in [0.4, 0.5) is 5.69 Å². The van der Waals surface area contributed by atoms with Crippen LogP contribution in [-0.2, 0) is 20.8 Å². The molecule has 0 aliphatic heterocycles. The van der Waals surface area contributed by atoms with E-state index in [9.17, 15) is 22.7 Å². The number of rotatable bonds is 6. The van der Waals surface area contributed by atoms with Crippen molar-refractivity contribution in [1.82, 2.24) is 4.72 Å². The van der Waals surface area contributed by atoms with Crippen LogP contribution in [0.25, 0.3) is 0 Å². The predicted octanol–water partition coefficient (Wildman–Crippen LogP) is 1.40. The minimum absolute atomic E-state index is 0.126. The summed E-state index contributed by atoms with van der Waals surface area (Å²) in [5.74, 6) is 0.126. The SMILES string of the molecule is CC(CS(C)=O)NS(=O)(=O)c1cc(Br)ccc1[N+](=O)[O-]. The van der Waals surface area contributed by atoms with Gasteiger partial charge in [-0.25, -0.2) is 13.1 Å². The molecule has 112 valence electrons. The molecule has 0 aliphatic carbocycles. The minimum atomic E-state index is -4.06. The highest BCUT2D eigenvalue weighted by Crippen LogP contribution is 2.27. The molecule has 1 rings (SSSR count). The van der Waals surface area contributed by atoms with Gasteiger partial charge in [0.25, 0.3) is 5.69 Å². The van der Waals surface area contributed by atoms with E-state index in [1.165, 1.54) is 12.3 Å². The van der Waals surface area contributed by atoms with Gasteiger partial charge in [0.2, 0.25) is 10.0 Å². The molecular formula is C10H13BrN2O5S2. The Labute approximate surface area is 127 Å². The first-order chi connectivity index (χ1) is 9.13. The van der Waals surface area contributed by atoms with E-state index in [0.717, 1.165) is 12.1 Å². The predicted molar refractivity (Wildman–Crippen MR) is 79.5 cm³/mol. The van der Waals surface area contributed by atoms with Crippen molar-refractivity contribution in [2.45, 2.75) is 17.9 Å². The maximum Gasteiger partial charge on any atom is 0.289 e. The largest absolute Gasteiger partial charge is 0.289 e. The molecule has 0 heterocycles. The molecular weight excluding hydrogens is 372 g/mol. The lowest BCUT2D eigenvalue weighted by atomic mass is 10.3. The third-order valence-electron chi connectivity index (χ3n) is 2.25. The van der Waals surface area contributed by atoms with Crippen LogP contribution in [0.15, 0.2) is 27.6 Å². The maximum atomic E-state index is 12.2. The molecule has 0 saturated heterocycles. The summed E-state index contributed by atoms with van der Waals surface area (Å²) in [6, 6.07) is 3.07. The highest BCUT2D eigenvalue weighted by atomic mass is 79.9. The van der Waals surface area contributed by atoms with Crippen LogP contribution >= 0.6 is 15.9 Å². The van der Waals surface area contributed by atoms with E-state index in [2.05, 4.69) is 20.7 Å². The Morgan fingerprint density at radius 3 is 2.60 bits per heavy atom. The number of halogens is 1. The lowest BCUT2D eigenvalue weighted by Gasteiger charge is -2.13. The fourth-order valence-electron chi connectivity index (χ4n) is 1.57. The van der Waals surface area contributed by atoms with Gasteiger partial charge in [0.15, 0.2) is 4.90 Å². The molecule has 1 aromatic rings. The molecule has 1 N–H and O–H groups in total. The molecule has 0 aromatic heterocycles.